The molecule has 2 aliphatic carbocycles. The van der Waals surface area contributed by atoms with Crippen LogP contribution in [-0.2, 0) is 4.79 Å². The maximum atomic E-state index is 12.4. The van der Waals surface area contributed by atoms with E-state index in [1.165, 1.54) is 19.3 Å². The summed E-state index contributed by atoms with van der Waals surface area (Å²) in [7, 11) is 3.28. The minimum absolute atomic E-state index is 0.00791. The lowest BCUT2D eigenvalue weighted by Gasteiger charge is -2.27. The second-order valence-corrected chi connectivity index (χ2v) is 9.03. The van der Waals surface area contributed by atoms with Gasteiger partial charge in [-0.3, -0.25) is 9.36 Å². The quantitative estimate of drug-likeness (QED) is 0.656. The van der Waals surface area contributed by atoms with Crippen LogP contribution in [0.5, 0.6) is 11.5 Å². The van der Waals surface area contributed by atoms with Gasteiger partial charge in [0.15, 0.2) is 22.5 Å². The van der Waals surface area contributed by atoms with Crippen LogP contribution in [0.15, 0.2) is 23.4 Å². The largest absolute Gasteiger partial charge is 0.493 e. The van der Waals surface area contributed by atoms with Gasteiger partial charge in [0.1, 0.15) is 5.78 Å². The van der Waals surface area contributed by atoms with Crippen LogP contribution < -0.4 is 9.47 Å². The Hall–Kier alpha value is -2.02. The minimum Gasteiger partial charge on any atom is -0.493 e. The lowest BCUT2D eigenvalue weighted by molar-refractivity contribution is -0.119. The van der Waals surface area contributed by atoms with Gasteiger partial charge in [0.2, 0.25) is 0 Å². The Morgan fingerprint density at radius 1 is 0.966 bits per heavy atom. The van der Waals surface area contributed by atoms with Crippen molar-refractivity contribution in [3.63, 3.8) is 0 Å². The first-order valence-corrected chi connectivity index (χ1v) is 11.5. The average molecular weight is 416 g/mol. The first-order valence-electron chi connectivity index (χ1n) is 10.6. The molecule has 6 nitrogen and oxygen atoms in total. The van der Waals surface area contributed by atoms with Gasteiger partial charge in [0.05, 0.1) is 19.5 Å². The van der Waals surface area contributed by atoms with Crippen molar-refractivity contribution in [2.75, 3.05) is 14.2 Å². The highest BCUT2D eigenvalue weighted by Crippen LogP contribution is 2.40. The van der Waals surface area contributed by atoms with Crippen LogP contribution in [0.4, 0.5) is 0 Å². The first kappa shape index (κ1) is 20.3. The number of carbonyl (C=O) groups excluding carboxylic acids is 1. The summed E-state index contributed by atoms with van der Waals surface area (Å²) in [6.07, 6.45) is 9.75. The van der Waals surface area contributed by atoms with E-state index in [4.69, 9.17) is 9.47 Å². The Morgan fingerprint density at radius 3 is 2.45 bits per heavy atom. The fourth-order valence-electron chi connectivity index (χ4n) is 4.40. The monoisotopic (exact) mass is 415 g/mol. The number of thioether (sulfide) groups is 1. The molecule has 0 amide bonds. The maximum absolute atomic E-state index is 12.4. The van der Waals surface area contributed by atoms with E-state index in [1.54, 1.807) is 26.0 Å². The molecule has 0 radical (unpaired) electrons. The topological polar surface area (TPSA) is 66.2 Å². The summed E-state index contributed by atoms with van der Waals surface area (Å²) in [5.74, 6) is 2.58. The molecule has 2 saturated carbocycles. The summed E-state index contributed by atoms with van der Waals surface area (Å²) >= 11 is 1.61. The zero-order valence-electron chi connectivity index (χ0n) is 17.2. The van der Waals surface area contributed by atoms with Crippen LogP contribution in [0.25, 0.3) is 11.4 Å². The number of hydrogen-bond acceptors (Lipinski definition) is 6. The number of nitrogens with zero attached hydrogens (tertiary/aromatic N) is 3. The first-order chi connectivity index (χ1) is 14.2. The number of benzene rings is 1. The Morgan fingerprint density at radius 2 is 1.72 bits per heavy atom. The fraction of sp³-hybridized carbons (Fsp3) is 0.591. The molecule has 2 fully saturated rings. The zero-order chi connectivity index (χ0) is 20.2. The van der Waals surface area contributed by atoms with E-state index in [0.29, 0.717) is 29.7 Å². The van der Waals surface area contributed by atoms with Crippen molar-refractivity contribution < 1.29 is 14.3 Å². The molecular weight excluding hydrogens is 386 g/mol. The standard InChI is InChI=1S/C22H29N3O3S/c1-27-18-13-12-15(14-19(18)28-2)21-23-24-22(25(21)16-8-4-3-5-9-16)29-20-11-7-6-10-17(20)26/h12-14,16,20H,3-11H2,1-2H3/t20-/m0/s1. The molecule has 29 heavy (non-hydrogen) atoms. The van der Waals surface area contributed by atoms with E-state index < -0.39 is 0 Å². The summed E-state index contributed by atoms with van der Waals surface area (Å²) < 4.78 is 13.2. The number of ketones is 1. The smallest absolute Gasteiger partial charge is 0.192 e. The third-order valence-electron chi connectivity index (χ3n) is 5.99. The highest BCUT2D eigenvalue weighted by molar-refractivity contribution is 8.00. The van der Waals surface area contributed by atoms with Gasteiger partial charge < -0.3 is 9.47 Å². The second-order valence-electron chi connectivity index (χ2n) is 7.86. The molecule has 0 saturated heterocycles. The Bertz CT molecular complexity index is 861. The van der Waals surface area contributed by atoms with Gasteiger partial charge in [-0.05, 0) is 43.9 Å². The van der Waals surface area contributed by atoms with E-state index in [-0.39, 0.29) is 5.25 Å². The van der Waals surface area contributed by atoms with Gasteiger partial charge in [0, 0.05) is 18.0 Å². The van der Waals surface area contributed by atoms with Gasteiger partial charge in [-0.25, -0.2) is 0 Å². The van der Waals surface area contributed by atoms with Gasteiger partial charge in [-0.2, -0.15) is 0 Å². The van der Waals surface area contributed by atoms with Crippen molar-refractivity contribution in [3.05, 3.63) is 18.2 Å². The number of carbonyl (C=O) groups is 1. The molecule has 0 unspecified atom stereocenters. The molecule has 0 bridgehead atoms. The van der Waals surface area contributed by atoms with E-state index >= 15 is 0 Å². The lowest BCUT2D eigenvalue weighted by atomic mass is 9.95. The number of hydrogen-bond donors (Lipinski definition) is 0. The highest BCUT2D eigenvalue weighted by Gasteiger charge is 2.29. The molecule has 7 heteroatoms. The average Bonchev–Trinajstić information content (AvgIpc) is 3.19. The molecule has 1 heterocycles. The van der Waals surface area contributed by atoms with Crippen molar-refractivity contribution in [1.82, 2.24) is 14.8 Å². The van der Waals surface area contributed by atoms with Crippen molar-refractivity contribution in [2.45, 2.75) is 74.2 Å². The molecule has 1 aromatic carbocycles. The van der Waals surface area contributed by atoms with Crippen molar-refractivity contribution in [3.8, 4) is 22.9 Å². The van der Waals surface area contributed by atoms with Gasteiger partial charge in [-0.15, -0.1) is 10.2 Å². The van der Waals surface area contributed by atoms with E-state index in [0.717, 1.165) is 48.6 Å². The molecule has 156 valence electrons. The number of rotatable bonds is 6. The predicted octanol–water partition coefficient (Wildman–Crippen LogP) is 5.07. The van der Waals surface area contributed by atoms with E-state index in [2.05, 4.69) is 14.8 Å². The zero-order valence-corrected chi connectivity index (χ0v) is 18.0. The number of ether oxygens (including phenoxy) is 2. The summed E-state index contributed by atoms with van der Waals surface area (Å²) in [5, 5.41) is 10.00. The number of methoxy groups -OCH3 is 2. The molecular formula is C22H29N3O3S. The molecule has 1 aromatic heterocycles. The number of aromatic nitrogens is 3. The molecule has 1 atom stereocenters. The third-order valence-corrected chi connectivity index (χ3v) is 7.26. The van der Waals surface area contributed by atoms with Crippen LogP contribution in [0.2, 0.25) is 0 Å². The van der Waals surface area contributed by atoms with Crippen molar-refractivity contribution >= 4 is 17.5 Å². The summed E-state index contributed by atoms with van der Waals surface area (Å²) in [6, 6.07) is 6.25. The van der Waals surface area contributed by atoms with Gasteiger partial charge in [0.25, 0.3) is 0 Å². The number of Topliss-reactive ketones (excluding diaryl/α,β-unsaturated/α-hetero) is 1. The molecule has 4 rings (SSSR count). The molecule has 0 N–H and O–H groups in total. The van der Waals surface area contributed by atoms with Crippen molar-refractivity contribution in [1.29, 1.82) is 0 Å². The predicted molar refractivity (Wildman–Crippen MR) is 114 cm³/mol. The summed E-state index contributed by atoms with van der Waals surface area (Å²) in [6.45, 7) is 0. The molecule has 0 aliphatic heterocycles. The van der Waals surface area contributed by atoms with Crippen LogP contribution in [0.3, 0.4) is 0 Å². The lowest BCUT2D eigenvalue weighted by Crippen LogP contribution is -2.23. The van der Waals surface area contributed by atoms with E-state index in [1.807, 2.05) is 18.2 Å². The van der Waals surface area contributed by atoms with Gasteiger partial charge >= 0.3 is 0 Å². The second kappa shape index (κ2) is 9.20. The SMILES string of the molecule is COc1ccc(-c2nnc(S[C@H]3CCCCC3=O)n2C2CCCCC2)cc1OC. The molecule has 2 aliphatic rings. The summed E-state index contributed by atoms with van der Waals surface area (Å²) in [4.78, 5) is 12.4. The summed E-state index contributed by atoms with van der Waals surface area (Å²) in [5.41, 5.74) is 0.961. The van der Waals surface area contributed by atoms with Crippen LogP contribution in [0.1, 0.15) is 63.8 Å². The van der Waals surface area contributed by atoms with E-state index in [9.17, 15) is 4.79 Å². The van der Waals surface area contributed by atoms with Gasteiger partial charge in [-0.1, -0.05) is 37.4 Å². The van der Waals surface area contributed by atoms with Crippen LogP contribution in [0, 0.1) is 0 Å². The fourth-order valence-corrected chi connectivity index (χ4v) is 5.63. The molecule has 0 spiro atoms. The Kier molecular flexibility index (Phi) is 6.43. The minimum atomic E-state index is 0.00791. The van der Waals surface area contributed by atoms with Crippen LogP contribution >= 0.6 is 11.8 Å². The third kappa shape index (κ3) is 4.29. The highest BCUT2D eigenvalue weighted by atomic mass is 32.2. The molecule has 2 aromatic rings. The van der Waals surface area contributed by atoms with Crippen LogP contribution in [-0.4, -0.2) is 40.0 Å². The Labute approximate surface area is 176 Å². The normalized spacial score (nSPS) is 20.6. The van der Waals surface area contributed by atoms with Crippen molar-refractivity contribution in [2.24, 2.45) is 0 Å². The Balaban J connectivity index is 1.71. The maximum Gasteiger partial charge on any atom is 0.192 e.